The topological polar surface area (TPSA) is 53.5 Å². The highest BCUT2D eigenvalue weighted by molar-refractivity contribution is 5.99. The number of nitrogens with zero attached hydrogens (tertiary/aromatic N) is 1. The average Bonchev–Trinajstić information content (AvgIpc) is 1.85. The van der Waals surface area contributed by atoms with Crippen molar-refractivity contribution < 1.29 is 4.79 Å². The van der Waals surface area contributed by atoms with Gasteiger partial charge in [0, 0.05) is 19.5 Å². The molecule has 1 aliphatic rings. The van der Waals surface area contributed by atoms with Crippen molar-refractivity contribution in [3.05, 3.63) is 0 Å². The molecule has 10 heavy (non-hydrogen) atoms. The molecule has 1 amide bonds. The predicted molar refractivity (Wildman–Crippen MR) is 38.7 cm³/mol. The van der Waals surface area contributed by atoms with Crippen LogP contribution in [0.15, 0.2) is 4.99 Å². The first-order valence-electron chi connectivity index (χ1n) is 3.25. The predicted octanol–water partition coefficient (Wildman–Crippen LogP) is -0.530. The van der Waals surface area contributed by atoms with Crippen LogP contribution in [0.2, 0.25) is 0 Å². The molecule has 4 nitrogen and oxygen atoms in total. The molecule has 2 N–H and O–H groups in total. The van der Waals surface area contributed by atoms with Gasteiger partial charge in [0.25, 0.3) is 0 Å². The fourth-order valence-electron chi connectivity index (χ4n) is 0.902. The molecule has 1 saturated heterocycles. The summed E-state index contributed by atoms with van der Waals surface area (Å²) in [6.07, 6.45) is 0.527. The van der Waals surface area contributed by atoms with Gasteiger partial charge in [0.15, 0.2) is 5.96 Å². The highest BCUT2D eigenvalue weighted by atomic mass is 16.2. The molecule has 0 saturated carbocycles. The molecule has 0 aliphatic carbocycles. The van der Waals surface area contributed by atoms with Gasteiger partial charge in [-0.3, -0.25) is 15.1 Å². The van der Waals surface area contributed by atoms with Gasteiger partial charge in [0.2, 0.25) is 5.91 Å². The second kappa shape index (κ2) is 2.68. The third-order valence-corrected chi connectivity index (χ3v) is 1.36. The van der Waals surface area contributed by atoms with Crippen LogP contribution in [0.25, 0.3) is 0 Å². The van der Waals surface area contributed by atoms with E-state index in [9.17, 15) is 4.79 Å². The van der Waals surface area contributed by atoms with Crippen LogP contribution in [0, 0.1) is 0 Å². The Labute approximate surface area is 59.7 Å². The summed E-state index contributed by atoms with van der Waals surface area (Å²) in [6.45, 7) is 1.95. The molecular formula is C6H11N3O. The van der Waals surface area contributed by atoms with Gasteiger partial charge < -0.3 is 5.32 Å². The lowest BCUT2D eigenvalue weighted by molar-refractivity contribution is -0.120. The molecule has 1 heterocycles. The lowest BCUT2D eigenvalue weighted by Gasteiger charge is -2.21. The van der Waals surface area contributed by atoms with E-state index in [1.807, 2.05) is 6.92 Å². The summed E-state index contributed by atoms with van der Waals surface area (Å²) in [5, 5.41) is 5.61. The maximum Gasteiger partial charge on any atom is 0.228 e. The fraction of sp³-hybridized carbons (Fsp3) is 0.667. The van der Waals surface area contributed by atoms with Crippen molar-refractivity contribution in [3.63, 3.8) is 0 Å². The maximum absolute atomic E-state index is 10.8. The summed E-state index contributed by atoms with van der Waals surface area (Å²) in [6, 6.07) is 0.201. The summed E-state index contributed by atoms with van der Waals surface area (Å²) in [5.74, 6) is 0.607. The Morgan fingerprint density at radius 2 is 2.40 bits per heavy atom. The van der Waals surface area contributed by atoms with E-state index in [1.165, 1.54) is 0 Å². The first-order valence-corrected chi connectivity index (χ1v) is 3.25. The molecule has 0 aromatic carbocycles. The monoisotopic (exact) mass is 141 g/mol. The zero-order valence-electron chi connectivity index (χ0n) is 6.14. The third kappa shape index (κ3) is 1.46. The number of rotatable bonds is 0. The SMILES string of the molecule is CN=C1NC(=O)CC(C)N1. The Kier molecular flexibility index (Phi) is 1.89. The summed E-state index contributed by atoms with van der Waals surface area (Å²) in [5.41, 5.74) is 0. The maximum atomic E-state index is 10.8. The first kappa shape index (κ1) is 7.05. The third-order valence-electron chi connectivity index (χ3n) is 1.36. The fourth-order valence-corrected chi connectivity index (χ4v) is 0.902. The van der Waals surface area contributed by atoms with Crippen LogP contribution >= 0.6 is 0 Å². The van der Waals surface area contributed by atoms with Crippen LogP contribution in [0.5, 0.6) is 0 Å². The van der Waals surface area contributed by atoms with Gasteiger partial charge in [-0.2, -0.15) is 0 Å². The number of hydrogen-bond acceptors (Lipinski definition) is 2. The molecule has 0 aromatic heterocycles. The minimum atomic E-state index is 0.0341. The summed E-state index contributed by atoms with van der Waals surface area (Å²) < 4.78 is 0. The van der Waals surface area contributed by atoms with E-state index in [-0.39, 0.29) is 11.9 Å². The average molecular weight is 141 g/mol. The van der Waals surface area contributed by atoms with Crippen molar-refractivity contribution in [1.82, 2.24) is 10.6 Å². The first-order chi connectivity index (χ1) is 4.72. The molecule has 56 valence electrons. The Bertz CT molecular complexity index is 176. The van der Waals surface area contributed by atoms with Crippen molar-refractivity contribution in [2.24, 2.45) is 4.99 Å². The van der Waals surface area contributed by atoms with Crippen LogP contribution in [0.1, 0.15) is 13.3 Å². The zero-order chi connectivity index (χ0) is 7.56. The van der Waals surface area contributed by atoms with Crippen LogP contribution in [-0.4, -0.2) is 25.0 Å². The Balaban J connectivity index is 2.59. The Morgan fingerprint density at radius 3 is 2.90 bits per heavy atom. The van der Waals surface area contributed by atoms with Crippen LogP contribution in [0.4, 0.5) is 0 Å². The van der Waals surface area contributed by atoms with Gasteiger partial charge in [0.05, 0.1) is 0 Å². The number of carbonyl (C=O) groups is 1. The molecule has 1 aliphatic heterocycles. The van der Waals surface area contributed by atoms with E-state index < -0.39 is 0 Å². The van der Waals surface area contributed by atoms with Crippen molar-refractivity contribution in [1.29, 1.82) is 0 Å². The zero-order valence-corrected chi connectivity index (χ0v) is 6.14. The van der Waals surface area contributed by atoms with Crippen molar-refractivity contribution in [2.75, 3.05) is 7.05 Å². The summed E-state index contributed by atoms with van der Waals surface area (Å²) in [4.78, 5) is 14.6. The molecule has 1 unspecified atom stereocenters. The van der Waals surface area contributed by atoms with Gasteiger partial charge >= 0.3 is 0 Å². The lowest BCUT2D eigenvalue weighted by atomic mass is 10.2. The minimum Gasteiger partial charge on any atom is -0.353 e. The second-order valence-corrected chi connectivity index (χ2v) is 2.37. The standard InChI is InChI=1S/C6H11N3O/c1-4-3-5(10)9-6(7-2)8-4/h4H,3H2,1-2H3,(H2,7,8,9,10). The number of guanidine groups is 1. The highest BCUT2D eigenvalue weighted by Crippen LogP contribution is 1.94. The van der Waals surface area contributed by atoms with Gasteiger partial charge in [-0.25, -0.2) is 0 Å². The number of nitrogens with one attached hydrogen (secondary N) is 2. The number of carbonyl (C=O) groups excluding carboxylic acids is 1. The molecule has 1 fully saturated rings. The van der Waals surface area contributed by atoms with Crippen molar-refractivity contribution in [3.8, 4) is 0 Å². The van der Waals surface area contributed by atoms with Crippen molar-refractivity contribution in [2.45, 2.75) is 19.4 Å². The molecule has 0 spiro atoms. The van der Waals surface area contributed by atoms with Gasteiger partial charge in [-0.1, -0.05) is 0 Å². The molecule has 0 aromatic rings. The number of hydrogen-bond donors (Lipinski definition) is 2. The normalized spacial score (nSPS) is 29.6. The highest BCUT2D eigenvalue weighted by Gasteiger charge is 2.17. The number of aliphatic imine (C=N–C) groups is 1. The van der Waals surface area contributed by atoms with Crippen LogP contribution in [0.3, 0.4) is 0 Å². The molecule has 0 radical (unpaired) electrons. The van der Waals surface area contributed by atoms with Gasteiger partial charge in [-0.05, 0) is 6.92 Å². The molecule has 0 bridgehead atoms. The number of amides is 1. The smallest absolute Gasteiger partial charge is 0.228 e. The van der Waals surface area contributed by atoms with Crippen LogP contribution in [-0.2, 0) is 4.79 Å². The lowest BCUT2D eigenvalue weighted by Crippen LogP contribution is -2.51. The van der Waals surface area contributed by atoms with Crippen molar-refractivity contribution >= 4 is 11.9 Å². The summed E-state index contributed by atoms with van der Waals surface area (Å²) in [7, 11) is 1.64. The quantitative estimate of drug-likeness (QED) is 0.476. The largest absolute Gasteiger partial charge is 0.353 e. The van der Waals surface area contributed by atoms with E-state index in [0.717, 1.165) is 0 Å². The Hall–Kier alpha value is -1.06. The minimum absolute atomic E-state index is 0.0341. The van der Waals surface area contributed by atoms with E-state index in [0.29, 0.717) is 12.4 Å². The molecule has 1 rings (SSSR count). The van der Waals surface area contributed by atoms with E-state index in [4.69, 9.17) is 0 Å². The van der Waals surface area contributed by atoms with Gasteiger partial charge in [0.1, 0.15) is 0 Å². The van der Waals surface area contributed by atoms with Crippen LogP contribution < -0.4 is 10.6 Å². The Morgan fingerprint density at radius 1 is 1.70 bits per heavy atom. The summed E-state index contributed by atoms with van der Waals surface area (Å²) >= 11 is 0. The van der Waals surface area contributed by atoms with E-state index in [2.05, 4.69) is 15.6 Å². The second-order valence-electron chi connectivity index (χ2n) is 2.37. The van der Waals surface area contributed by atoms with Gasteiger partial charge in [-0.15, -0.1) is 0 Å². The molecule has 4 heteroatoms. The van der Waals surface area contributed by atoms with E-state index >= 15 is 0 Å². The van der Waals surface area contributed by atoms with E-state index in [1.54, 1.807) is 7.05 Å². The molecule has 1 atom stereocenters. The molecular weight excluding hydrogens is 130 g/mol.